The first-order chi connectivity index (χ1) is 9.67. The van der Waals surface area contributed by atoms with Crippen LogP contribution < -0.4 is 0 Å². The Labute approximate surface area is 125 Å². The minimum atomic E-state index is 0.00523. The van der Waals surface area contributed by atoms with Gasteiger partial charge in [-0.05, 0) is 31.1 Å². The molecule has 1 aliphatic rings. The van der Waals surface area contributed by atoms with Crippen molar-refractivity contribution in [2.24, 2.45) is 0 Å². The molecule has 0 saturated heterocycles. The van der Waals surface area contributed by atoms with Crippen molar-refractivity contribution in [2.45, 2.75) is 18.6 Å². The van der Waals surface area contributed by atoms with Gasteiger partial charge in [-0.1, -0.05) is 72.3 Å². The van der Waals surface area contributed by atoms with Gasteiger partial charge in [0.2, 0.25) is 0 Å². The lowest BCUT2D eigenvalue weighted by molar-refractivity contribution is 0.874. The van der Waals surface area contributed by atoms with E-state index in [-0.39, 0.29) is 4.75 Å². The summed E-state index contributed by atoms with van der Waals surface area (Å²) in [5.74, 6) is 0. The van der Waals surface area contributed by atoms with E-state index in [0.717, 1.165) is 0 Å². The fourth-order valence-corrected chi connectivity index (χ4v) is 4.08. The molecule has 100 valence electrons. The Morgan fingerprint density at radius 1 is 0.850 bits per heavy atom. The first-order valence-electron chi connectivity index (χ1n) is 6.88. The molecular formula is C19H18S. The highest BCUT2D eigenvalue weighted by atomic mass is 32.2. The molecule has 0 nitrogen and oxygen atoms in total. The lowest BCUT2D eigenvalue weighted by Gasteiger charge is -2.31. The second-order valence-corrected chi connectivity index (χ2v) is 6.83. The third-order valence-corrected chi connectivity index (χ3v) is 4.94. The number of rotatable bonds is 2. The van der Waals surface area contributed by atoms with E-state index in [1.54, 1.807) is 0 Å². The van der Waals surface area contributed by atoms with Crippen LogP contribution in [-0.2, 0) is 4.75 Å². The Bertz CT molecular complexity index is 653. The number of hydrogen-bond acceptors (Lipinski definition) is 1. The van der Waals surface area contributed by atoms with Crippen LogP contribution in [-0.4, -0.2) is 0 Å². The summed E-state index contributed by atoms with van der Waals surface area (Å²) in [7, 11) is 0. The van der Waals surface area contributed by atoms with E-state index in [0.29, 0.717) is 0 Å². The molecule has 20 heavy (non-hydrogen) atoms. The molecule has 0 radical (unpaired) electrons. The van der Waals surface area contributed by atoms with Gasteiger partial charge in [-0.25, -0.2) is 0 Å². The second kappa shape index (κ2) is 5.34. The molecule has 0 spiro atoms. The molecule has 0 amide bonds. The van der Waals surface area contributed by atoms with Crippen LogP contribution in [0.15, 0.2) is 78.4 Å². The monoisotopic (exact) mass is 278 g/mol. The van der Waals surface area contributed by atoms with Crippen LogP contribution in [0.5, 0.6) is 0 Å². The van der Waals surface area contributed by atoms with Crippen LogP contribution in [0, 0.1) is 0 Å². The summed E-state index contributed by atoms with van der Waals surface area (Å²) in [6, 6.07) is 21.4. The smallest absolute Gasteiger partial charge is 0.0612 e. The molecule has 1 atom stereocenters. The average Bonchev–Trinajstić information content (AvgIpc) is 2.48. The molecule has 2 aromatic carbocycles. The molecule has 3 rings (SSSR count). The number of thioether (sulfide) groups is 1. The maximum atomic E-state index is 2.36. The summed E-state index contributed by atoms with van der Waals surface area (Å²) in [6.07, 6.45) is 4.64. The third-order valence-electron chi connectivity index (χ3n) is 3.59. The predicted octanol–water partition coefficient (Wildman–Crippen LogP) is 5.64. The van der Waals surface area contributed by atoms with Crippen LogP contribution in [0.3, 0.4) is 0 Å². The van der Waals surface area contributed by atoms with Gasteiger partial charge in [-0.3, -0.25) is 0 Å². The molecule has 0 fully saturated rings. The maximum Gasteiger partial charge on any atom is 0.0612 e. The van der Waals surface area contributed by atoms with Crippen molar-refractivity contribution in [3.63, 3.8) is 0 Å². The predicted molar refractivity (Wildman–Crippen MR) is 89.6 cm³/mol. The van der Waals surface area contributed by atoms with Gasteiger partial charge in [-0.2, -0.15) is 0 Å². The number of hydrogen-bond donors (Lipinski definition) is 0. The molecule has 1 aliphatic heterocycles. The average molecular weight is 278 g/mol. The van der Waals surface area contributed by atoms with E-state index in [1.807, 2.05) is 11.8 Å². The molecule has 1 unspecified atom stereocenters. The zero-order valence-corrected chi connectivity index (χ0v) is 12.7. The highest BCUT2D eigenvalue weighted by molar-refractivity contribution is 8.09. The first kappa shape index (κ1) is 13.3. The van der Waals surface area contributed by atoms with Crippen molar-refractivity contribution in [3.8, 4) is 0 Å². The Balaban J connectivity index is 2.01. The Morgan fingerprint density at radius 3 is 2.10 bits per heavy atom. The Kier molecular flexibility index (Phi) is 3.54. The van der Waals surface area contributed by atoms with E-state index in [1.165, 1.54) is 21.6 Å². The Hall–Kier alpha value is -1.73. The highest BCUT2D eigenvalue weighted by Gasteiger charge is 2.29. The minimum absolute atomic E-state index is 0.00523. The molecule has 2 aromatic rings. The van der Waals surface area contributed by atoms with Crippen molar-refractivity contribution in [1.29, 1.82) is 0 Å². The molecule has 1 heteroatoms. The van der Waals surface area contributed by atoms with Crippen LogP contribution in [0.4, 0.5) is 0 Å². The van der Waals surface area contributed by atoms with Gasteiger partial charge >= 0.3 is 0 Å². The number of allylic oxidation sites excluding steroid dienone is 2. The van der Waals surface area contributed by atoms with Crippen molar-refractivity contribution >= 4 is 16.7 Å². The largest absolute Gasteiger partial charge is 0.110 e. The fraction of sp³-hybridized carbons (Fsp3) is 0.158. The van der Waals surface area contributed by atoms with Crippen LogP contribution in [0.25, 0.3) is 4.91 Å². The van der Waals surface area contributed by atoms with Gasteiger partial charge in [0, 0.05) is 4.91 Å². The third kappa shape index (κ3) is 2.59. The molecule has 0 bridgehead atoms. The van der Waals surface area contributed by atoms with E-state index >= 15 is 0 Å². The van der Waals surface area contributed by atoms with Gasteiger partial charge < -0.3 is 0 Å². The van der Waals surface area contributed by atoms with Gasteiger partial charge in [0.15, 0.2) is 0 Å². The van der Waals surface area contributed by atoms with Crippen molar-refractivity contribution in [3.05, 3.63) is 89.5 Å². The van der Waals surface area contributed by atoms with Crippen molar-refractivity contribution < 1.29 is 0 Å². The topological polar surface area (TPSA) is 0 Å². The first-order valence-corrected chi connectivity index (χ1v) is 7.70. The molecular weight excluding hydrogens is 260 g/mol. The summed E-state index contributed by atoms with van der Waals surface area (Å²) in [5, 5.41) is 0. The quantitative estimate of drug-likeness (QED) is 0.685. The molecule has 0 aromatic heterocycles. The van der Waals surface area contributed by atoms with Crippen molar-refractivity contribution in [1.82, 2.24) is 0 Å². The van der Waals surface area contributed by atoms with Crippen molar-refractivity contribution in [2.75, 3.05) is 0 Å². The molecule has 0 saturated carbocycles. The van der Waals surface area contributed by atoms with Gasteiger partial charge in [0.25, 0.3) is 0 Å². The summed E-state index contributed by atoms with van der Waals surface area (Å²) >= 11 is 1.93. The standard InChI is InChI=1S/C19H18S/c1-15-13-18(16-9-5-3-6-10-16)20-19(2,14-15)17-11-7-4-8-12-17/h3-14H,1-2H3. The molecule has 0 aliphatic carbocycles. The van der Waals surface area contributed by atoms with Crippen LogP contribution >= 0.6 is 11.8 Å². The summed E-state index contributed by atoms with van der Waals surface area (Å²) in [4.78, 5) is 1.34. The maximum absolute atomic E-state index is 2.36. The Morgan fingerprint density at radius 2 is 1.45 bits per heavy atom. The lowest BCUT2D eigenvalue weighted by Crippen LogP contribution is -2.17. The van der Waals surface area contributed by atoms with Gasteiger partial charge in [-0.15, -0.1) is 11.8 Å². The van der Waals surface area contributed by atoms with Crippen LogP contribution in [0.2, 0.25) is 0 Å². The second-order valence-electron chi connectivity index (χ2n) is 5.34. The molecule has 0 N–H and O–H groups in total. The summed E-state index contributed by atoms with van der Waals surface area (Å²) in [6.45, 7) is 4.48. The summed E-state index contributed by atoms with van der Waals surface area (Å²) in [5.41, 5.74) is 3.98. The van der Waals surface area contributed by atoms with E-state index in [9.17, 15) is 0 Å². The normalized spacial score (nSPS) is 22.1. The van der Waals surface area contributed by atoms with Gasteiger partial charge in [0.1, 0.15) is 0 Å². The van der Waals surface area contributed by atoms with Crippen LogP contribution in [0.1, 0.15) is 25.0 Å². The number of benzene rings is 2. The lowest BCUT2D eigenvalue weighted by atomic mass is 9.96. The zero-order valence-electron chi connectivity index (χ0n) is 11.8. The van der Waals surface area contributed by atoms with E-state index < -0.39 is 0 Å². The van der Waals surface area contributed by atoms with E-state index in [4.69, 9.17) is 0 Å². The van der Waals surface area contributed by atoms with E-state index in [2.05, 4.69) is 86.7 Å². The highest BCUT2D eigenvalue weighted by Crippen LogP contribution is 2.49. The minimum Gasteiger partial charge on any atom is -0.110 e. The zero-order chi connectivity index (χ0) is 14.0. The SMILES string of the molecule is CC1=CC(C)(c2ccccc2)SC(c2ccccc2)=C1. The fourth-order valence-electron chi connectivity index (χ4n) is 2.63. The van der Waals surface area contributed by atoms with Gasteiger partial charge in [0.05, 0.1) is 4.75 Å². The molecule has 1 heterocycles. The summed E-state index contributed by atoms with van der Waals surface area (Å²) < 4.78 is 0.00523.